The zero-order valence-corrected chi connectivity index (χ0v) is 12.4. The minimum atomic E-state index is -0.852. The molecular weight excluding hydrogens is 274 g/mol. The topological polar surface area (TPSA) is 84.7 Å². The van der Waals surface area contributed by atoms with Gasteiger partial charge in [0.2, 0.25) is 0 Å². The highest BCUT2D eigenvalue weighted by Gasteiger charge is 2.26. The van der Waals surface area contributed by atoms with E-state index >= 15 is 0 Å². The van der Waals surface area contributed by atoms with Gasteiger partial charge in [-0.25, -0.2) is 0 Å². The van der Waals surface area contributed by atoms with Gasteiger partial charge in [0.15, 0.2) is 0 Å². The third-order valence-electron chi connectivity index (χ3n) is 3.86. The van der Waals surface area contributed by atoms with E-state index in [-0.39, 0.29) is 25.0 Å². The maximum absolute atomic E-state index is 12.4. The summed E-state index contributed by atoms with van der Waals surface area (Å²) in [6.07, 6.45) is 3.15. The molecule has 2 rings (SSSR count). The Hall–Kier alpha value is -1.89. The molecule has 1 aromatic heterocycles. The lowest BCUT2D eigenvalue weighted by Crippen LogP contribution is -2.41. The van der Waals surface area contributed by atoms with E-state index in [4.69, 9.17) is 9.84 Å². The molecule has 0 aliphatic carbocycles. The van der Waals surface area contributed by atoms with E-state index in [1.807, 2.05) is 14.0 Å². The fourth-order valence-electron chi connectivity index (χ4n) is 2.42. The van der Waals surface area contributed by atoms with Gasteiger partial charge in [-0.15, -0.1) is 0 Å². The van der Waals surface area contributed by atoms with Gasteiger partial charge in [0, 0.05) is 25.8 Å². The Morgan fingerprint density at radius 2 is 2.10 bits per heavy atom. The number of carbonyl (C=O) groups is 2. The Kier molecular flexibility index (Phi) is 4.95. The number of carboxylic acid groups (broad SMARTS) is 1. The van der Waals surface area contributed by atoms with Crippen molar-refractivity contribution in [2.24, 2.45) is 7.05 Å². The number of likely N-dealkylation sites (tertiary alicyclic amines) is 1. The molecule has 0 atom stereocenters. The Morgan fingerprint density at radius 1 is 1.43 bits per heavy atom. The molecule has 1 N–H and O–H groups in total. The molecule has 0 spiro atoms. The van der Waals surface area contributed by atoms with Crippen molar-refractivity contribution in [3.63, 3.8) is 0 Å². The largest absolute Gasteiger partial charge is 0.481 e. The summed E-state index contributed by atoms with van der Waals surface area (Å²) in [6.45, 7) is 3.37. The van der Waals surface area contributed by atoms with Crippen LogP contribution in [0.2, 0.25) is 0 Å². The van der Waals surface area contributed by atoms with Crippen molar-refractivity contribution >= 4 is 11.9 Å². The summed E-state index contributed by atoms with van der Waals surface area (Å²) in [7, 11) is 1.81. The second kappa shape index (κ2) is 6.71. The minimum absolute atomic E-state index is 0.00425. The Labute approximate surface area is 123 Å². The van der Waals surface area contributed by atoms with E-state index in [1.54, 1.807) is 15.8 Å². The van der Waals surface area contributed by atoms with Gasteiger partial charge in [0.1, 0.15) is 0 Å². The number of rotatable bonds is 5. The summed E-state index contributed by atoms with van der Waals surface area (Å²) in [4.78, 5) is 24.6. The van der Waals surface area contributed by atoms with Gasteiger partial charge in [0.25, 0.3) is 5.91 Å². The predicted molar refractivity (Wildman–Crippen MR) is 75.1 cm³/mol. The highest BCUT2D eigenvalue weighted by Crippen LogP contribution is 2.17. The van der Waals surface area contributed by atoms with Crippen LogP contribution in [0.3, 0.4) is 0 Å². The van der Waals surface area contributed by atoms with Crippen molar-refractivity contribution < 1.29 is 19.4 Å². The number of carboxylic acids is 1. The molecule has 1 aliphatic heterocycles. The van der Waals surface area contributed by atoms with Crippen LogP contribution in [0.25, 0.3) is 0 Å². The van der Waals surface area contributed by atoms with Crippen molar-refractivity contribution in [2.75, 3.05) is 19.7 Å². The molecule has 0 aromatic carbocycles. The number of ether oxygens (including phenoxy) is 1. The molecule has 0 bridgehead atoms. The molecule has 7 nitrogen and oxygen atoms in total. The normalized spacial score (nSPS) is 16.2. The van der Waals surface area contributed by atoms with Gasteiger partial charge >= 0.3 is 5.97 Å². The van der Waals surface area contributed by atoms with Crippen molar-refractivity contribution in [2.45, 2.75) is 32.3 Å². The minimum Gasteiger partial charge on any atom is -0.481 e. The average Bonchev–Trinajstić information content (AvgIpc) is 2.79. The molecule has 21 heavy (non-hydrogen) atoms. The first-order valence-corrected chi connectivity index (χ1v) is 7.10. The third-order valence-corrected chi connectivity index (χ3v) is 3.86. The van der Waals surface area contributed by atoms with Crippen LogP contribution in [-0.4, -0.2) is 57.5 Å². The molecule has 7 heteroatoms. The Balaban J connectivity index is 1.82. The van der Waals surface area contributed by atoms with Crippen molar-refractivity contribution in [1.29, 1.82) is 0 Å². The molecule has 1 amide bonds. The monoisotopic (exact) mass is 295 g/mol. The van der Waals surface area contributed by atoms with E-state index in [1.165, 1.54) is 0 Å². The average molecular weight is 295 g/mol. The number of aryl methyl sites for hydroxylation is 1. The molecule has 0 saturated carbocycles. The molecule has 1 fully saturated rings. The van der Waals surface area contributed by atoms with E-state index in [0.717, 1.165) is 18.5 Å². The molecule has 2 heterocycles. The van der Waals surface area contributed by atoms with E-state index in [9.17, 15) is 9.59 Å². The van der Waals surface area contributed by atoms with Crippen molar-refractivity contribution in [3.05, 3.63) is 17.5 Å². The maximum atomic E-state index is 12.4. The number of nitrogens with zero attached hydrogens (tertiary/aromatic N) is 3. The lowest BCUT2D eigenvalue weighted by Gasteiger charge is -2.31. The van der Waals surface area contributed by atoms with Gasteiger partial charge in [-0.3, -0.25) is 14.3 Å². The predicted octanol–water partition coefficient (Wildman–Crippen LogP) is 0.824. The highest BCUT2D eigenvalue weighted by molar-refractivity contribution is 5.95. The van der Waals surface area contributed by atoms with Crippen LogP contribution in [0.5, 0.6) is 0 Å². The lowest BCUT2D eigenvalue weighted by atomic mass is 10.1. The maximum Gasteiger partial charge on any atom is 0.305 e. The van der Waals surface area contributed by atoms with Gasteiger partial charge in [-0.2, -0.15) is 5.10 Å². The number of aliphatic carboxylic acids is 1. The molecule has 1 saturated heterocycles. The van der Waals surface area contributed by atoms with Gasteiger partial charge in [0.05, 0.1) is 30.9 Å². The van der Waals surface area contributed by atoms with Crippen LogP contribution >= 0.6 is 0 Å². The molecule has 1 aromatic rings. The van der Waals surface area contributed by atoms with Crippen LogP contribution in [0.4, 0.5) is 0 Å². The number of amides is 1. The van der Waals surface area contributed by atoms with E-state index in [0.29, 0.717) is 18.7 Å². The number of hydrogen-bond donors (Lipinski definition) is 1. The van der Waals surface area contributed by atoms with Crippen molar-refractivity contribution in [1.82, 2.24) is 14.7 Å². The molecular formula is C14H21N3O4. The van der Waals surface area contributed by atoms with Crippen LogP contribution in [0.15, 0.2) is 6.20 Å². The second-order valence-corrected chi connectivity index (χ2v) is 5.27. The lowest BCUT2D eigenvalue weighted by molar-refractivity contribution is -0.138. The van der Waals surface area contributed by atoms with Crippen LogP contribution in [0, 0.1) is 6.92 Å². The quantitative estimate of drug-likeness (QED) is 0.869. The summed E-state index contributed by atoms with van der Waals surface area (Å²) >= 11 is 0. The van der Waals surface area contributed by atoms with Gasteiger partial charge in [-0.05, 0) is 19.8 Å². The van der Waals surface area contributed by atoms with Crippen LogP contribution in [-0.2, 0) is 16.6 Å². The number of carbonyl (C=O) groups excluding carboxylic acids is 1. The third kappa shape index (κ3) is 3.81. The number of hydrogen-bond acceptors (Lipinski definition) is 4. The summed E-state index contributed by atoms with van der Waals surface area (Å²) in [5.74, 6) is -0.848. The first-order chi connectivity index (χ1) is 9.99. The zero-order valence-electron chi connectivity index (χ0n) is 12.4. The zero-order chi connectivity index (χ0) is 15.4. The first kappa shape index (κ1) is 15.5. The summed E-state index contributed by atoms with van der Waals surface area (Å²) < 4.78 is 7.21. The standard InChI is InChI=1S/C14H21N3O4/c1-10-12(9-15-16(10)2)14(20)17-6-3-11(4-7-17)21-8-5-13(18)19/h9,11H,3-8H2,1-2H3,(H,18,19). The fraction of sp³-hybridized carbons (Fsp3) is 0.643. The Morgan fingerprint density at radius 3 is 2.62 bits per heavy atom. The summed E-state index contributed by atoms with van der Waals surface area (Å²) in [6, 6.07) is 0. The van der Waals surface area contributed by atoms with Gasteiger partial charge < -0.3 is 14.7 Å². The van der Waals surface area contributed by atoms with Crippen LogP contribution < -0.4 is 0 Å². The number of piperidine rings is 1. The Bertz CT molecular complexity index is 518. The second-order valence-electron chi connectivity index (χ2n) is 5.27. The highest BCUT2D eigenvalue weighted by atomic mass is 16.5. The first-order valence-electron chi connectivity index (χ1n) is 7.10. The van der Waals surface area contributed by atoms with Gasteiger partial charge in [-0.1, -0.05) is 0 Å². The molecule has 1 aliphatic rings. The van der Waals surface area contributed by atoms with Crippen molar-refractivity contribution in [3.8, 4) is 0 Å². The summed E-state index contributed by atoms with van der Waals surface area (Å²) in [5.41, 5.74) is 1.50. The van der Waals surface area contributed by atoms with E-state index < -0.39 is 5.97 Å². The number of aromatic nitrogens is 2. The fourth-order valence-corrected chi connectivity index (χ4v) is 2.42. The smallest absolute Gasteiger partial charge is 0.305 e. The summed E-state index contributed by atoms with van der Waals surface area (Å²) in [5, 5.41) is 12.7. The molecule has 0 radical (unpaired) electrons. The molecule has 0 unspecified atom stereocenters. The van der Waals surface area contributed by atoms with Crippen LogP contribution in [0.1, 0.15) is 35.3 Å². The molecule has 116 valence electrons. The SMILES string of the molecule is Cc1c(C(=O)N2CCC(OCCC(=O)O)CC2)cnn1C. The van der Waals surface area contributed by atoms with E-state index in [2.05, 4.69) is 5.10 Å².